The van der Waals surface area contributed by atoms with Gasteiger partial charge in [0.25, 0.3) is 0 Å². The molecule has 8 aromatic carbocycles. The summed E-state index contributed by atoms with van der Waals surface area (Å²) in [6.45, 7) is 0. The maximum atomic E-state index is 6.64. The quantitative estimate of drug-likeness (QED) is 0.163. The summed E-state index contributed by atoms with van der Waals surface area (Å²) in [5, 5.41) is 2.47. The van der Waals surface area contributed by atoms with Gasteiger partial charge in [-0.1, -0.05) is 163 Å². The number of benzene rings is 8. The van der Waals surface area contributed by atoms with Gasteiger partial charge in [0.15, 0.2) is 0 Å². The van der Waals surface area contributed by atoms with E-state index in [4.69, 9.17) is 7.85 Å². The minimum atomic E-state index is 0.716. The maximum absolute atomic E-state index is 6.64. The smallest absolute Gasteiger partial charge is 0.113 e. The van der Waals surface area contributed by atoms with Gasteiger partial charge in [-0.05, 0) is 91.7 Å². The van der Waals surface area contributed by atoms with Crippen LogP contribution in [0.25, 0.3) is 55.3 Å². The van der Waals surface area contributed by atoms with Gasteiger partial charge in [-0.15, -0.1) is 0 Å². The van der Waals surface area contributed by atoms with Crippen LogP contribution in [-0.2, 0) is 0 Å². The van der Waals surface area contributed by atoms with Crippen LogP contribution in [0.15, 0.2) is 194 Å². The highest BCUT2D eigenvalue weighted by atomic mass is 15.1. The Morgan fingerprint density at radius 2 is 0.875 bits per heavy atom. The molecule has 224 valence electrons. The molecule has 0 atom stereocenters. The van der Waals surface area contributed by atoms with Crippen molar-refractivity contribution in [1.29, 1.82) is 0 Å². The molecule has 0 N–H and O–H groups in total. The van der Waals surface area contributed by atoms with Gasteiger partial charge in [0.05, 0.1) is 0 Å². The fraction of sp³-hybridized carbons (Fsp3) is 0. The minimum absolute atomic E-state index is 0.716. The normalized spacial score (nSPS) is 11.0. The molecular weight excluding hydrogens is 577 g/mol. The Balaban J connectivity index is 1.34. The van der Waals surface area contributed by atoms with Crippen LogP contribution in [0.2, 0.25) is 0 Å². The monoisotopic (exact) mass is 609 g/mol. The predicted molar refractivity (Wildman–Crippen MR) is 206 cm³/mol. The van der Waals surface area contributed by atoms with E-state index in [1.807, 2.05) is 6.07 Å². The zero-order chi connectivity index (χ0) is 32.3. The Morgan fingerprint density at radius 1 is 0.312 bits per heavy atom. The van der Waals surface area contributed by atoms with Crippen molar-refractivity contribution in [2.24, 2.45) is 0 Å². The first-order valence-corrected chi connectivity index (χ1v) is 16.3. The first-order valence-electron chi connectivity index (χ1n) is 16.3. The van der Waals surface area contributed by atoms with Gasteiger partial charge in [-0.2, -0.15) is 0 Å². The lowest BCUT2D eigenvalue weighted by Gasteiger charge is -2.28. The third-order valence-corrected chi connectivity index (χ3v) is 8.96. The van der Waals surface area contributed by atoms with Crippen LogP contribution < -0.4 is 10.4 Å². The molecule has 8 rings (SSSR count). The molecule has 0 spiro atoms. The first kappa shape index (κ1) is 29.3. The van der Waals surface area contributed by atoms with Crippen molar-refractivity contribution in [1.82, 2.24) is 0 Å². The summed E-state index contributed by atoms with van der Waals surface area (Å²) in [6, 6.07) is 68.8. The number of hydrogen-bond donors (Lipinski definition) is 0. The summed E-state index contributed by atoms with van der Waals surface area (Å²) in [5.41, 5.74) is 13.1. The van der Waals surface area contributed by atoms with Crippen molar-refractivity contribution in [2.45, 2.75) is 0 Å². The van der Waals surface area contributed by atoms with Crippen LogP contribution in [-0.4, -0.2) is 7.85 Å². The second kappa shape index (κ2) is 12.9. The number of fused-ring (bicyclic) bond motifs is 1. The molecular formula is C46H32BN. The molecule has 0 aromatic heterocycles. The van der Waals surface area contributed by atoms with Gasteiger partial charge in [0.1, 0.15) is 7.85 Å². The molecule has 2 radical (unpaired) electrons. The fourth-order valence-corrected chi connectivity index (χ4v) is 6.66. The predicted octanol–water partition coefficient (Wildman–Crippen LogP) is 11.8. The van der Waals surface area contributed by atoms with Crippen LogP contribution >= 0.6 is 0 Å². The fourth-order valence-electron chi connectivity index (χ4n) is 6.66. The van der Waals surface area contributed by atoms with Crippen molar-refractivity contribution in [3.05, 3.63) is 194 Å². The minimum Gasteiger partial charge on any atom is -0.310 e. The Bertz CT molecular complexity index is 2320. The molecule has 0 unspecified atom stereocenters. The lowest BCUT2D eigenvalue weighted by molar-refractivity contribution is 1.29. The second-order valence-corrected chi connectivity index (χ2v) is 12.1. The lowest BCUT2D eigenvalue weighted by atomic mass is 9.90. The van der Waals surface area contributed by atoms with Crippen molar-refractivity contribution in [3.8, 4) is 44.5 Å². The van der Waals surface area contributed by atoms with Gasteiger partial charge >= 0.3 is 0 Å². The van der Waals surface area contributed by atoms with Gasteiger partial charge < -0.3 is 4.90 Å². The summed E-state index contributed by atoms with van der Waals surface area (Å²) in [5.74, 6) is 0. The van der Waals surface area contributed by atoms with Crippen LogP contribution in [0, 0.1) is 0 Å². The number of nitrogens with zero attached hydrogens (tertiary/aromatic N) is 1. The molecule has 8 aromatic rings. The van der Waals surface area contributed by atoms with Gasteiger partial charge in [0, 0.05) is 17.1 Å². The molecule has 0 amide bonds. The van der Waals surface area contributed by atoms with E-state index >= 15 is 0 Å². The molecule has 1 nitrogen and oxygen atoms in total. The third kappa shape index (κ3) is 5.81. The van der Waals surface area contributed by atoms with E-state index in [0.29, 0.717) is 5.46 Å². The summed E-state index contributed by atoms with van der Waals surface area (Å²) in [7, 11) is 6.64. The van der Waals surface area contributed by atoms with E-state index in [-0.39, 0.29) is 0 Å². The van der Waals surface area contributed by atoms with Crippen molar-refractivity contribution in [2.75, 3.05) is 4.90 Å². The van der Waals surface area contributed by atoms with E-state index in [1.165, 1.54) is 44.2 Å². The van der Waals surface area contributed by atoms with Crippen molar-refractivity contribution >= 4 is 41.1 Å². The summed E-state index contributed by atoms with van der Waals surface area (Å²) in [6.07, 6.45) is 0. The number of hydrogen-bond acceptors (Lipinski definition) is 1. The Kier molecular flexibility index (Phi) is 7.90. The maximum Gasteiger partial charge on any atom is 0.113 e. The highest BCUT2D eigenvalue weighted by Gasteiger charge is 2.18. The highest BCUT2D eigenvalue weighted by molar-refractivity contribution is 6.33. The van der Waals surface area contributed by atoms with Gasteiger partial charge in [-0.25, -0.2) is 0 Å². The molecule has 0 fully saturated rings. The van der Waals surface area contributed by atoms with Crippen LogP contribution in [0.3, 0.4) is 0 Å². The summed E-state index contributed by atoms with van der Waals surface area (Å²) in [4.78, 5) is 2.32. The summed E-state index contributed by atoms with van der Waals surface area (Å²) < 4.78 is 0. The Morgan fingerprint density at radius 3 is 1.58 bits per heavy atom. The first-order chi connectivity index (χ1) is 23.7. The topological polar surface area (TPSA) is 3.24 Å². The van der Waals surface area contributed by atoms with E-state index in [0.717, 1.165) is 28.2 Å². The van der Waals surface area contributed by atoms with Gasteiger partial charge in [-0.3, -0.25) is 0 Å². The molecule has 0 aliphatic rings. The van der Waals surface area contributed by atoms with E-state index in [9.17, 15) is 0 Å². The number of rotatable bonds is 7. The van der Waals surface area contributed by atoms with Crippen molar-refractivity contribution < 1.29 is 0 Å². The highest BCUT2D eigenvalue weighted by Crippen LogP contribution is 2.43. The largest absolute Gasteiger partial charge is 0.310 e. The van der Waals surface area contributed by atoms with E-state index in [1.54, 1.807) is 0 Å². The molecule has 0 heterocycles. The molecule has 0 aliphatic heterocycles. The molecule has 2 heteroatoms. The number of anilines is 3. The Hall–Kier alpha value is -6.12. The molecule has 0 saturated carbocycles. The van der Waals surface area contributed by atoms with E-state index in [2.05, 4.69) is 193 Å². The zero-order valence-corrected chi connectivity index (χ0v) is 26.5. The average molecular weight is 610 g/mol. The van der Waals surface area contributed by atoms with Crippen molar-refractivity contribution in [3.63, 3.8) is 0 Å². The SMILES string of the molecule is [B]c1cc(-c2ccccc2)cc(N(c2ccc(-c3ccccc3)cc2)c2ccc(-c3cccc4ccccc34)c(-c3ccccc3)c2)c1. The molecule has 48 heavy (non-hydrogen) atoms. The molecule has 0 saturated heterocycles. The van der Waals surface area contributed by atoms with E-state index < -0.39 is 0 Å². The van der Waals surface area contributed by atoms with Crippen LogP contribution in [0.4, 0.5) is 17.1 Å². The molecule has 0 bridgehead atoms. The zero-order valence-electron chi connectivity index (χ0n) is 26.5. The summed E-state index contributed by atoms with van der Waals surface area (Å²) >= 11 is 0. The van der Waals surface area contributed by atoms with Crippen LogP contribution in [0.1, 0.15) is 0 Å². The van der Waals surface area contributed by atoms with Gasteiger partial charge in [0.2, 0.25) is 0 Å². The Labute approximate surface area is 283 Å². The third-order valence-electron chi connectivity index (χ3n) is 8.96. The standard InChI is InChI=1S/C46H32BN/c47-39-29-38(34-15-6-2-7-16-34)30-42(31-39)48(40-25-23-35(24-26-40)33-13-4-1-5-14-33)41-27-28-45(46(32-41)37-17-8-3-9-18-37)44-22-12-20-36-19-10-11-21-43(36)44/h1-32H. The lowest BCUT2D eigenvalue weighted by Crippen LogP contribution is -2.14. The average Bonchev–Trinajstić information content (AvgIpc) is 3.16. The van der Waals surface area contributed by atoms with Crippen LogP contribution in [0.5, 0.6) is 0 Å². The second-order valence-electron chi connectivity index (χ2n) is 12.1. The molecule has 0 aliphatic carbocycles.